The smallest absolute Gasteiger partial charge is 0.191 e. The molecule has 2 aromatic rings. The number of ether oxygens (including phenoxy) is 1. The molecule has 0 unspecified atom stereocenters. The van der Waals surface area contributed by atoms with Gasteiger partial charge < -0.3 is 15.4 Å². The molecule has 156 valence electrons. The van der Waals surface area contributed by atoms with Gasteiger partial charge in [0.2, 0.25) is 0 Å². The van der Waals surface area contributed by atoms with Crippen LogP contribution in [-0.2, 0) is 13.1 Å². The van der Waals surface area contributed by atoms with E-state index in [-0.39, 0.29) is 0 Å². The van der Waals surface area contributed by atoms with Crippen LogP contribution in [0.3, 0.4) is 0 Å². The zero-order valence-corrected chi connectivity index (χ0v) is 18.1. The molecule has 2 aliphatic rings. The predicted molar refractivity (Wildman–Crippen MR) is 121 cm³/mol. The minimum absolute atomic E-state index is 0.473. The van der Waals surface area contributed by atoms with Gasteiger partial charge in [0.1, 0.15) is 5.75 Å². The molecule has 0 spiro atoms. The van der Waals surface area contributed by atoms with Gasteiger partial charge in [-0.15, -0.1) is 0 Å². The number of nitrogens with zero attached hydrogens (tertiary/aromatic N) is 2. The number of likely N-dealkylation sites (tertiary alicyclic amines) is 1. The van der Waals surface area contributed by atoms with Gasteiger partial charge in [-0.25, -0.2) is 0 Å². The van der Waals surface area contributed by atoms with E-state index in [4.69, 9.17) is 4.74 Å². The van der Waals surface area contributed by atoms with Crippen LogP contribution in [0.25, 0.3) is 0 Å². The van der Waals surface area contributed by atoms with Crippen molar-refractivity contribution in [2.75, 3.05) is 26.7 Å². The van der Waals surface area contributed by atoms with Crippen LogP contribution in [0.1, 0.15) is 36.8 Å². The third kappa shape index (κ3) is 6.21. The van der Waals surface area contributed by atoms with Crippen LogP contribution in [0.5, 0.6) is 5.75 Å². The molecule has 6 heteroatoms. The fraction of sp³-hybridized carbons (Fsp3) is 0.522. The molecule has 2 heterocycles. The molecule has 0 bridgehead atoms. The number of hydrogen-bond donors (Lipinski definition) is 2. The van der Waals surface area contributed by atoms with E-state index in [1.807, 2.05) is 13.1 Å². The van der Waals surface area contributed by atoms with Gasteiger partial charge in [-0.2, -0.15) is 11.3 Å². The number of nitrogens with one attached hydrogen (secondary N) is 2. The number of benzene rings is 1. The maximum absolute atomic E-state index is 6.03. The topological polar surface area (TPSA) is 48.9 Å². The van der Waals surface area contributed by atoms with E-state index in [2.05, 4.69) is 55.6 Å². The van der Waals surface area contributed by atoms with Gasteiger partial charge in [0.05, 0.1) is 6.61 Å². The summed E-state index contributed by atoms with van der Waals surface area (Å²) in [7, 11) is 1.84. The minimum atomic E-state index is 0.473. The Kier molecular flexibility index (Phi) is 7.06. The molecule has 4 rings (SSSR count). The van der Waals surface area contributed by atoms with Crippen LogP contribution in [0.15, 0.2) is 46.1 Å². The molecule has 29 heavy (non-hydrogen) atoms. The number of thiophene rings is 1. The summed E-state index contributed by atoms with van der Waals surface area (Å²) in [4.78, 5) is 6.98. The van der Waals surface area contributed by atoms with Crippen molar-refractivity contribution in [3.8, 4) is 5.75 Å². The quantitative estimate of drug-likeness (QED) is 0.511. The lowest BCUT2D eigenvalue weighted by Crippen LogP contribution is -2.48. The van der Waals surface area contributed by atoms with Crippen molar-refractivity contribution in [2.45, 2.75) is 44.8 Å². The second kappa shape index (κ2) is 10.1. The lowest BCUT2D eigenvalue weighted by atomic mass is 10.0. The van der Waals surface area contributed by atoms with E-state index < -0.39 is 0 Å². The van der Waals surface area contributed by atoms with E-state index in [1.54, 1.807) is 11.3 Å². The Morgan fingerprint density at radius 2 is 2.00 bits per heavy atom. The Hall–Kier alpha value is -2.05. The van der Waals surface area contributed by atoms with Crippen LogP contribution in [0.4, 0.5) is 0 Å². The molecule has 0 atom stereocenters. The number of hydrogen-bond acceptors (Lipinski definition) is 4. The van der Waals surface area contributed by atoms with Crippen molar-refractivity contribution in [3.63, 3.8) is 0 Å². The first-order chi connectivity index (χ1) is 14.3. The first-order valence-electron chi connectivity index (χ1n) is 10.7. The Morgan fingerprint density at radius 3 is 2.72 bits per heavy atom. The van der Waals surface area contributed by atoms with Crippen molar-refractivity contribution in [3.05, 3.63) is 52.2 Å². The van der Waals surface area contributed by atoms with Crippen molar-refractivity contribution in [1.82, 2.24) is 15.5 Å². The second-order valence-corrected chi connectivity index (χ2v) is 8.89. The average molecular weight is 413 g/mol. The standard InChI is InChI=1S/C23H32N4OS/c1-24-23(25-14-20-4-2-3-5-22(20)28-16-18-6-7-18)26-21-8-11-27(12-9-21)15-19-10-13-29-17-19/h2-5,10,13,17-18,21H,6-9,11-12,14-16H2,1H3,(H2,24,25,26). The van der Waals surface area contributed by atoms with Gasteiger partial charge in [0.15, 0.2) is 5.96 Å². The van der Waals surface area contributed by atoms with E-state index in [1.165, 1.54) is 24.0 Å². The van der Waals surface area contributed by atoms with Gasteiger partial charge in [-0.05, 0) is 60.1 Å². The third-order valence-electron chi connectivity index (χ3n) is 5.73. The van der Waals surface area contributed by atoms with E-state index in [9.17, 15) is 0 Å². The number of piperidine rings is 1. The van der Waals surface area contributed by atoms with Crippen LogP contribution >= 0.6 is 11.3 Å². The average Bonchev–Trinajstić information content (AvgIpc) is 3.45. The zero-order chi connectivity index (χ0) is 19.9. The first kappa shape index (κ1) is 20.2. The predicted octanol–water partition coefficient (Wildman–Crippen LogP) is 3.87. The molecule has 2 N–H and O–H groups in total. The highest BCUT2D eigenvalue weighted by Gasteiger charge is 2.22. The molecule has 1 aliphatic heterocycles. The molecule has 1 saturated heterocycles. The largest absolute Gasteiger partial charge is 0.493 e. The Morgan fingerprint density at radius 1 is 1.17 bits per heavy atom. The molecular formula is C23H32N4OS. The van der Waals surface area contributed by atoms with Gasteiger partial charge in [0.25, 0.3) is 0 Å². The number of rotatable bonds is 8. The summed E-state index contributed by atoms with van der Waals surface area (Å²) < 4.78 is 6.03. The monoisotopic (exact) mass is 412 g/mol. The maximum Gasteiger partial charge on any atom is 0.191 e. The fourth-order valence-electron chi connectivity index (χ4n) is 3.73. The van der Waals surface area contributed by atoms with E-state index >= 15 is 0 Å². The maximum atomic E-state index is 6.03. The summed E-state index contributed by atoms with van der Waals surface area (Å²) >= 11 is 1.78. The molecule has 1 aromatic heterocycles. The molecule has 0 radical (unpaired) electrons. The van der Waals surface area contributed by atoms with E-state index in [0.717, 1.165) is 63.3 Å². The Bertz CT molecular complexity index is 780. The summed E-state index contributed by atoms with van der Waals surface area (Å²) in [6, 6.07) is 11.0. The summed E-state index contributed by atoms with van der Waals surface area (Å²) in [6.45, 7) is 4.89. The third-order valence-corrected chi connectivity index (χ3v) is 6.46. The lowest BCUT2D eigenvalue weighted by molar-refractivity contribution is 0.198. The molecular weight excluding hydrogens is 380 g/mol. The van der Waals surface area contributed by atoms with Crippen LogP contribution < -0.4 is 15.4 Å². The molecule has 1 aliphatic carbocycles. The molecule has 5 nitrogen and oxygen atoms in total. The number of para-hydroxylation sites is 1. The summed E-state index contributed by atoms with van der Waals surface area (Å²) in [5, 5.41) is 11.5. The fourth-order valence-corrected chi connectivity index (χ4v) is 4.39. The molecule has 1 saturated carbocycles. The molecule has 2 fully saturated rings. The second-order valence-electron chi connectivity index (χ2n) is 8.11. The summed E-state index contributed by atoms with van der Waals surface area (Å²) in [6.07, 6.45) is 4.91. The highest BCUT2D eigenvalue weighted by molar-refractivity contribution is 7.07. The van der Waals surface area contributed by atoms with Crippen molar-refractivity contribution >= 4 is 17.3 Å². The van der Waals surface area contributed by atoms with Crippen molar-refractivity contribution in [2.24, 2.45) is 10.9 Å². The van der Waals surface area contributed by atoms with E-state index in [0.29, 0.717) is 6.04 Å². The normalized spacial score (nSPS) is 18.6. The number of aliphatic imine (C=N–C) groups is 1. The highest BCUT2D eigenvalue weighted by atomic mass is 32.1. The summed E-state index contributed by atoms with van der Waals surface area (Å²) in [5.41, 5.74) is 2.61. The molecule has 1 aromatic carbocycles. The summed E-state index contributed by atoms with van der Waals surface area (Å²) in [5.74, 6) is 2.62. The van der Waals surface area contributed by atoms with Gasteiger partial charge in [0, 0.05) is 44.8 Å². The SMILES string of the molecule is CN=C(NCc1ccccc1OCC1CC1)NC1CCN(Cc2ccsc2)CC1. The minimum Gasteiger partial charge on any atom is -0.493 e. The van der Waals surface area contributed by atoms with Gasteiger partial charge in [-0.3, -0.25) is 9.89 Å². The van der Waals surface area contributed by atoms with Gasteiger partial charge >= 0.3 is 0 Å². The number of guanidine groups is 1. The molecule has 0 amide bonds. The Balaban J connectivity index is 1.22. The van der Waals surface area contributed by atoms with Crippen LogP contribution in [-0.4, -0.2) is 43.6 Å². The Labute approximate surface area is 178 Å². The van der Waals surface area contributed by atoms with Crippen molar-refractivity contribution < 1.29 is 4.74 Å². The highest BCUT2D eigenvalue weighted by Crippen LogP contribution is 2.30. The van der Waals surface area contributed by atoms with Crippen LogP contribution in [0.2, 0.25) is 0 Å². The van der Waals surface area contributed by atoms with Gasteiger partial charge in [-0.1, -0.05) is 18.2 Å². The van der Waals surface area contributed by atoms with Crippen molar-refractivity contribution in [1.29, 1.82) is 0 Å². The zero-order valence-electron chi connectivity index (χ0n) is 17.3. The lowest BCUT2D eigenvalue weighted by Gasteiger charge is -2.33. The first-order valence-corrected chi connectivity index (χ1v) is 11.7. The van der Waals surface area contributed by atoms with Crippen LogP contribution in [0, 0.1) is 5.92 Å².